The topological polar surface area (TPSA) is 9.23 Å². The van der Waals surface area contributed by atoms with Crippen molar-refractivity contribution in [2.24, 2.45) is 5.92 Å². The summed E-state index contributed by atoms with van der Waals surface area (Å²) >= 11 is 0. The van der Waals surface area contributed by atoms with Gasteiger partial charge in [0.15, 0.2) is 0 Å². The van der Waals surface area contributed by atoms with Gasteiger partial charge >= 0.3 is 0 Å². The maximum absolute atomic E-state index is 4.25. The average molecular weight is 216 g/mol. The van der Waals surface area contributed by atoms with Crippen molar-refractivity contribution < 1.29 is 4.74 Å². The molecule has 0 spiro atoms. The van der Waals surface area contributed by atoms with Crippen molar-refractivity contribution >= 4 is 0 Å². The molecule has 15 heavy (non-hydrogen) atoms. The third-order valence-electron chi connectivity index (χ3n) is 2.39. The third-order valence-corrected chi connectivity index (χ3v) is 2.39. The predicted octanol–water partition coefficient (Wildman–Crippen LogP) is 5.05. The largest absolute Gasteiger partial charge is 0.388 e. The van der Waals surface area contributed by atoms with Crippen LogP contribution in [0.5, 0.6) is 0 Å². The van der Waals surface area contributed by atoms with Crippen molar-refractivity contribution in [2.45, 2.75) is 72.1 Å². The van der Waals surface area contributed by atoms with Gasteiger partial charge < -0.3 is 4.74 Å². The van der Waals surface area contributed by atoms with E-state index in [2.05, 4.69) is 25.5 Å². The van der Waals surface area contributed by atoms with Gasteiger partial charge in [-0.2, -0.15) is 0 Å². The molecule has 0 heterocycles. The van der Waals surface area contributed by atoms with E-state index in [4.69, 9.17) is 0 Å². The van der Waals surface area contributed by atoms with Crippen LogP contribution in [-0.2, 0) is 4.74 Å². The van der Waals surface area contributed by atoms with Crippen LogP contribution in [0.3, 0.4) is 0 Å². The van der Waals surface area contributed by atoms with Gasteiger partial charge in [-0.25, -0.2) is 0 Å². The molecule has 0 saturated carbocycles. The molecule has 0 atom stereocenters. The summed E-state index contributed by atoms with van der Waals surface area (Å²) in [7, 11) is 3.25. The lowest BCUT2D eigenvalue weighted by atomic mass is 10.0. The smallest absolute Gasteiger partial charge is 0.0351 e. The van der Waals surface area contributed by atoms with E-state index in [1.54, 1.807) is 14.2 Å². The molecule has 1 nitrogen and oxygen atoms in total. The minimum absolute atomic E-state index is 0.903. The van der Waals surface area contributed by atoms with Gasteiger partial charge in [-0.05, 0) is 5.92 Å². The maximum atomic E-state index is 4.25. The number of ether oxygens (including phenoxy) is 1. The normalized spacial score (nSPS) is 10.0. The first-order chi connectivity index (χ1) is 7.18. The number of rotatable bonds is 8. The lowest BCUT2D eigenvalue weighted by molar-refractivity contribution is 0.277. The standard InChI is InChI=1S/C12H26.C2H6O/c1-4-5-6-7-8-9-10-11-12(2)3;1-3-2/h12H,4-11H2,1-3H3;1-2H3. The van der Waals surface area contributed by atoms with Gasteiger partial charge in [0, 0.05) is 14.2 Å². The van der Waals surface area contributed by atoms with Gasteiger partial charge in [0.1, 0.15) is 0 Å². The summed E-state index contributed by atoms with van der Waals surface area (Å²) < 4.78 is 4.25. The van der Waals surface area contributed by atoms with Crippen LogP contribution in [0.4, 0.5) is 0 Å². The van der Waals surface area contributed by atoms with E-state index in [9.17, 15) is 0 Å². The monoisotopic (exact) mass is 216 g/mol. The zero-order valence-corrected chi connectivity index (χ0v) is 11.6. The molecule has 0 aliphatic carbocycles. The van der Waals surface area contributed by atoms with Crippen molar-refractivity contribution in [1.82, 2.24) is 0 Å². The Morgan fingerprint density at radius 1 is 0.800 bits per heavy atom. The van der Waals surface area contributed by atoms with Gasteiger partial charge in [-0.1, -0.05) is 72.1 Å². The fourth-order valence-electron chi connectivity index (χ4n) is 1.51. The van der Waals surface area contributed by atoms with Crippen molar-refractivity contribution in [2.75, 3.05) is 14.2 Å². The molecule has 0 aliphatic rings. The highest BCUT2D eigenvalue weighted by atomic mass is 16.4. The molecule has 0 N–H and O–H groups in total. The molecule has 0 bridgehead atoms. The first-order valence-corrected chi connectivity index (χ1v) is 6.59. The number of unbranched alkanes of at least 4 members (excludes halogenated alkanes) is 6. The summed E-state index contributed by atoms with van der Waals surface area (Å²) in [6.45, 7) is 6.91. The van der Waals surface area contributed by atoms with Crippen LogP contribution in [-0.4, -0.2) is 14.2 Å². The van der Waals surface area contributed by atoms with E-state index < -0.39 is 0 Å². The van der Waals surface area contributed by atoms with Crippen LogP contribution in [0.15, 0.2) is 0 Å². The van der Waals surface area contributed by atoms with Gasteiger partial charge in [0.05, 0.1) is 0 Å². The highest BCUT2D eigenvalue weighted by Gasteiger charge is 1.93. The molecule has 0 fully saturated rings. The van der Waals surface area contributed by atoms with E-state index in [1.165, 1.54) is 51.4 Å². The first kappa shape index (κ1) is 17.4. The van der Waals surface area contributed by atoms with Gasteiger partial charge in [-0.3, -0.25) is 0 Å². The Hall–Kier alpha value is -0.0400. The van der Waals surface area contributed by atoms with Crippen molar-refractivity contribution in [3.05, 3.63) is 0 Å². The van der Waals surface area contributed by atoms with E-state index >= 15 is 0 Å². The Labute approximate surface area is 97.6 Å². The maximum Gasteiger partial charge on any atom is 0.0351 e. The minimum Gasteiger partial charge on any atom is -0.388 e. The second-order valence-corrected chi connectivity index (χ2v) is 4.71. The lowest BCUT2D eigenvalue weighted by Crippen LogP contribution is -1.87. The Morgan fingerprint density at radius 2 is 1.20 bits per heavy atom. The summed E-state index contributed by atoms with van der Waals surface area (Å²) in [5.74, 6) is 0.903. The Bertz CT molecular complexity index is 89.3. The number of hydrogen-bond acceptors (Lipinski definition) is 1. The van der Waals surface area contributed by atoms with Gasteiger partial charge in [0.2, 0.25) is 0 Å². The second-order valence-electron chi connectivity index (χ2n) is 4.71. The molecule has 0 aromatic rings. The first-order valence-electron chi connectivity index (χ1n) is 6.59. The van der Waals surface area contributed by atoms with Crippen LogP contribution in [0.2, 0.25) is 0 Å². The average Bonchev–Trinajstić information content (AvgIpc) is 2.17. The van der Waals surface area contributed by atoms with Crippen LogP contribution in [0.1, 0.15) is 72.1 Å². The molecule has 0 aromatic carbocycles. The molecule has 0 amide bonds. The zero-order valence-electron chi connectivity index (χ0n) is 11.6. The van der Waals surface area contributed by atoms with E-state index in [1.807, 2.05) is 0 Å². The molecule has 0 aliphatic heterocycles. The Balaban J connectivity index is 0. The SMILES string of the molecule is CCCCCCCCCC(C)C.COC. The Kier molecular flexibility index (Phi) is 19.0. The highest BCUT2D eigenvalue weighted by molar-refractivity contribution is 4.48. The van der Waals surface area contributed by atoms with E-state index in [0.29, 0.717) is 0 Å². The molecule has 94 valence electrons. The molecule has 0 saturated heterocycles. The van der Waals surface area contributed by atoms with Crippen LogP contribution < -0.4 is 0 Å². The van der Waals surface area contributed by atoms with Crippen LogP contribution in [0.25, 0.3) is 0 Å². The summed E-state index contributed by atoms with van der Waals surface area (Å²) in [6.07, 6.45) is 11.5. The molecule has 1 heteroatoms. The van der Waals surface area contributed by atoms with Gasteiger partial charge in [0.25, 0.3) is 0 Å². The minimum atomic E-state index is 0.903. The molecular formula is C14H32O. The number of hydrogen-bond donors (Lipinski definition) is 0. The predicted molar refractivity (Wildman–Crippen MR) is 70.4 cm³/mol. The van der Waals surface area contributed by atoms with Crippen molar-refractivity contribution in [1.29, 1.82) is 0 Å². The summed E-state index contributed by atoms with van der Waals surface area (Å²) in [4.78, 5) is 0. The molecule has 0 rings (SSSR count). The lowest BCUT2D eigenvalue weighted by Gasteiger charge is -2.03. The molecular weight excluding hydrogens is 184 g/mol. The molecule has 0 aromatic heterocycles. The Morgan fingerprint density at radius 3 is 1.60 bits per heavy atom. The van der Waals surface area contributed by atoms with E-state index in [-0.39, 0.29) is 0 Å². The summed E-state index contributed by atoms with van der Waals surface area (Å²) in [6, 6.07) is 0. The fraction of sp³-hybridized carbons (Fsp3) is 1.00. The summed E-state index contributed by atoms with van der Waals surface area (Å²) in [5.41, 5.74) is 0. The van der Waals surface area contributed by atoms with Crippen molar-refractivity contribution in [3.8, 4) is 0 Å². The summed E-state index contributed by atoms with van der Waals surface area (Å²) in [5, 5.41) is 0. The van der Waals surface area contributed by atoms with Crippen LogP contribution >= 0.6 is 0 Å². The second kappa shape index (κ2) is 16.4. The van der Waals surface area contributed by atoms with Gasteiger partial charge in [-0.15, -0.1) is 0 Å². The fourth-order valence-corrected chi connectivity index (χ4v) is 1.51. The number of methoxy groups -OCH3 is 1. The zero-order chi connectivity index (χ0) is 11.9. The molecule has 0 unspecified atom stereocenters. The quantitative estimate of drug-likeness (QED) is 0.516. The third kappa shape index (κ3) is 24.9. The van der Waals surface area contributed by atoms with E-state index in [0.717, 1.165) is 5.92 Å². The highest BCUT2D eigenvalue weighted by Crippen LogP contribution is 2.11. The molecule has 0 radical (unpaired) electrons. The van der Waals surface area contributed by atoms with Crippen LogP contribution in [0, 0.1) is 5.92 Å². The van der Waals surface area contributed by atoms with Crippen molar-refractivity contribution in [3.63, 3.8) is 0 Å².